The first-order valence-corrected chi connectivity index (χ1v) is 7.56. The second-order valence-corrected chi connectivity index (χ2v) is 6.88. The van der Waals surface area contributed by atoms with Crippen molar-refractivity contribution >= 4 is 22.7 Å². The zero-order valence-electron chi connectivity index (χ0n) is 11.7. The van der Waals surface area contributed by atoms with Gasteiger partial charge in [0.15, 0.2) is 0 Å². The van der Waals surface area contributed by atoms with E-state index in [0.29, 0.717) is 12.3 Å². The first-order chi connectivity index (χ1) is 8.94. The van der Waals surface area contributed by atoms with E-state index in [9.17, 15) is 5.11 Å². The van der Waals surface area contributed by atoms with Gasteiger partial charge in [-0.25, -0.2) is 0 Å². The number of rotatable bonds is 5. The lowest BCUT2D eigenvalue weighted by Gasteiger charge is -2.22. The van der Waals surface area contributed by atoms with E-state index in [0.717, 1.165) is 10.5 Å². The molecule has 3 N–H and O–H groups in total. The second kappa shape index (κ2) is 5.99. The van der Waals surface area contributed by atoms with E-state index in [1.54, 1.807) is 11.8 Å². The van der Waals surface area contributed by atoms with Crippen LogP contribution in [0, 0.1) is 0 Å². The Morgan fingerprint density at radius 3 is 2.74 bits per heavy atom. The van der Waals surface area contributed by atoms with Gasteiger partial charge >= 0.3 is 0 Å². The maximum atomic E-state index is 9.95. The molecule has 0 fully saturated rings. The largest absolute Gasteiger partial charge is 0.391 e. The molecule has 0 aliphatic carbocycles. The summed E-state index contributed by atoms with van der Waals surface area (Å²) < 4.78 is 0. The molecule has 0 aliphatic rings. The van der Waals surface area contributed by atoms with Crippen LogP contribution in [-0.2, 0) is 0 Å². The van der Waals surface area contributed by atoms with Gasteiger partial charge in [0.1, 0.15) is 0 Å². The van der Waals surface area contributed by atoms with Gasteiger partial charge in [0, 0.05) is 28.7 Å². The fourth-order valence-electron chi connectivity index (χ4n) is 1.79. The van der Waals surface area contributed by atoms with E-state index in [-0.39, 0.29) is 11.6 Å². The number of hydrogen-bond donors (Lipinski definition) is 3. The molecule has 0 saturated heterocycles. The van der Waals surface area contributed by atoms with Crippen molar-refractivity contribution in [1.29, 1.82) is 0 Å². The van der Waals surface area contributed by atoms with Crippen molar-refractivity contribution in [2.75, 3.05) is 12.3 Å². The smallest absolute Gasteiger partial charge is 0.0759 e. The van der Waals surface area contributed by atoms with Crippen LogP contribution in [0.5, 0.6) is 0 Å². The number of para-hydroxylation sites is 1. The normalized spacial score (nSPS) is 13.9. The molecule has 4 heteroatoms. The molecule has 0 spiro atoms. The monoisotopic (exact) mass is 278 g/mol. The second-order valence-electron chi connectivity index (χ2n) is 5.82. The minimum absolute atomic E-state index is 0.0484. The van der Waals surface area contributed by atoms with E-state index in [4.69, 9.17) is 0 Å². The van der Waals surface area contributed by atoms with Crippen LogP contribution in [0.1, 0.15) is 20.8 Å². The van der Waals surface area contributed by atoms with Gasteiger partial charge in [-0.3, -0.25) is 0 Å². The molecule has 1 atom stereocenters. The average Bonchev–Trinajstić information content (AvgIpc) is 2.75. The number of H-pyrrole nitrogens is 1. The standard InChI is InChI=1S/C15H22N2OS/c1-15(2,3)16-9-12(18)10-19-14-8-11-6-4-5-7-13(11)17-14/h4-8,12,16-18H,9-10H2,1-3H3. The number of aliphatic hydroxyl groups is 1. The highest BCUT2D eigenvalue weighted by molar-refractivity contribution is 7.99. The Balaban J connectivity index is 1.84. The molecule has 1 unspecified atom stereocenters. The topological polar surface area (TPSA) is 48.0 Å². The summed E-state index contributed by atoms with van der Waals surface area (Å²) in [6.45, 7) is 6.93. The molecular weight excluding hydrogens is 256 g/mol. The Morgan fingerprint density at radius 1 is 1.32 bits per heavy atom. The molecule has 2 rings (SSSR count). The Bertz CT molecular complexity index is 497. The van der Waals surface area contributed by atoms with Crippen molar-refractivity contribution in [3.63, 3.8) is 0 Å². The number of nitrogens with one attached hydrogen (secondary N) is 2. The third kappa shape index (κ3) is 4.56. The van der Waals surface area contributed by atoms with Crippen LogP contribution in [0.2, 0.25) is 0 Å². The predicted octanol–water partition coefficient (Wildman–Crippen LogP) is 3.01. The van der Waals surface area contributed by atoms with Crippen molar-refractivity contribution in [2.45, 2.75) is 37.4 Å². The molecule has 19 heavy (non-hydrogen) atoms. The number of benzene rings is 1. The Kier molecular flexibility index (Phi) is 4.55. The quantitative estimate of drug-likeness (QED) is 0.737. The molecule has 2 aromatic rings. The third-order valence-corrected chi connectivity index (χ3v) is 3.89. The van der Waals surface area contributed by atoms with Gasteiger partial charge in [-0.2, -0.15) is 0 Å². The van der Waals surface area contributed by atoms with Gasteiger partial charge in [0.2, 0.25) is 0 Å². The Labute approximate surface area is 118 Å². The number of aromatic amines is 1. The van der Waals surface area contributed by atoms with E-state index in [1.165, 1.54) is 5.39 Å². The van der Waals surface area contributed by atoms with Gasteiger partial charge in [-0.15, -0.1) is 11.8 Å². The Hall–Kier alpha value is -0.970. The van der Waals surface area contributed by atoms with Crippen LogP contribution in [0.25, 0.3) is 10.9 Å². The first-order valence-electron chi connectivity index (χ1n) is 6.58. The summed E-state index contributed by atoms with van der Waals surface area (Å²) in [4.78, 5) is 3.35. The first kappa shape index (κ1) is 14.4. The minimum Gasteiger partial charge on any atom is -0.391 e. The molecule has 1 aromatic carbocycles. The van der Waals surface area contributed by atoms with Crippen molar-refractivity contribution in [3.8, 4) is 0 Å². The van der Waals surface area contributed by atoms with Gasteiger partial charge in [0.05, 0.1) is 11.1 Å². The molecule has 104 valence electrons. The lowest BCUT2D eigenvalue weighted by Crippen LogP contribution is -2.41. The fraction of sp³-hybridized carbons (Fsp3) is 0.467. The molecule has 0 aliphatic heterocycles. The molecule has 1 aromatic heterocycles. The predicted molar refractivity (Wildman–Crippen MR) is 82.8 cm³/mol. The summed E-state index contributed by atoms with van der Waals surface area (Å²) in [7, 11) is 0. The maximum Gasteiger partial charge on any atom is 0.0759 e. The van der Waals surface area contributed by atoms with E-state index in [2.05, 4.69) is 49.3 Å². The van der Waals surface area contributed by atoms with Gasteiger partial charge in [-0.05, 0) is 32.9 Å². The van der Waals surface area contributed by atoms with E-state index in [1.807, 2.05) is 12.1 Å². The summed E-state index contributed by atoms with van der Waals surface area (Å²) in [6.07, 6.45) is -0.337. The van der Waals surface area contributed by atoms with Gasteiger partial charge in [-0.1, -0.05) is 18.2 Å². The number of fused-ring (bicyclic) bond motifs is 1. The van der Waals surface area contributed by atoms with Crippen LogP contribution in [0.4, 0.5) is 0 Å². The third-order valence-electron chi connectivity index (χ3n) is 2.80. The number of β-amino-alcohol motifs (C(OH)–C–C–N with tert-alkyl or cyclic N) is 1. The summed E-state index contributed by atoms with van der Waals surface area (Å²) in [5, 5.41) is 15.6. The Morgan fingerprint density at radius 2 is 2.05 bits per heavy atom. The molecule has 1 heterocycles. The molecule has 0 amide bonds. The van der Waals surface area contributed by atoms with E-state index < -0.39 is 0 Å². The minimum atomic E-state index is -0.337. The lowest BCUT2D eigenvalue weighted by atomic mass is 10.1. The molecular formula is C15H22N2OS. The SMILES string of the molecule is CC(C)(C)NCC(O)CSc1cc2ccccc2[nH]1. The summed E-state index contributed by atoms with van der Waals surface area (Å²) in [5.74, 6) is 0.690. The summed E-state index contributed by atoms with van der Waals surface area (Å²) in [6, 6.07) is 10.3. The van der Waals surface area contributed by atoms with Crippen LogP contribution in [0.3, 0.4) is 0 Å². The van der Waals surface area contributed by atoms with Gasteiger partial charge in [0.25, 0.3) is 0 Å². The van der Waals surface area contributed by atoms with Crippen LogP contribution < -0.4 is 5.32 Å². The van der Waals surface area contributed by atoms with Crippen molar-refractivity contribution in [3.05, 3.63) is 30.3 Å². The van der Waals surface area contributed by atoms with Crippen LogP contribution in [0.15, 0.2) is 35.4 Å². The lowest BCUT2D eigenvalue weighted by molar-refractivity contribution is 0.183. The highest BCUT2D eigenvalue weighted by atomic mass is 32.2. The number of hydrogen-bond acceptors (Lipinski definition) is 3. The van der Waals surface area contributed by atoms with Crippen molar-refractivity contribution in [1.82, 2.24) is 10.3 Å². The molecule has 0 radical (unpaired) electrons. The zero-order chi connectivity index (χ0) is 13.9. The average molecular weight is 278 g/mol. The van der Waals surface area contributed by atoms with Crippen molar-refractivity contribution < 1.29 is 5.11 Å². The van der Waals surface area contributed by atoms with Crippen LogP contribution >= 0.6 is 11.8 Å². The number of aromatic nitrogens is 1. The highest BCUT2D eigenvalue weighted by Crippen LogP contribution is 2.23. The van der Waals surface area contributed by atoms with E-state index >= 15 is 0 Å². The van der Waals surface area contributed by atoms with Crippen LogP contribution in [-0.4, -0.2) is 34.0 Å². The molecule has 0 bridgehead atoms. The molecule has 0 saturated carbocycles. The highest BCUT2D eigenvalue weighted by Gasteiger charge is 2.12. The zero-order valence-corrected chi connectivity index (χ0v) is 12.6. The maximum absolute atomic E-state index is 9.95. The van der Waals surface area contributed by atoms with Crippen molar-refractivity contribution in [2.24, 2.45) is 0 Å². The summed E-state index contributed by atoms with van der Waals surface area (Å²) >= 11 is 1.66. The van der Waals surface area contributed by atoms with Gasteiger partial charge < -0.3 is 15.4 Å². The molecule has 3 nitrogen and oxygen atoms in total. The number of aliphatic hydroxyl groups excluding tert-OH is 1. The number of thioether (sulfide) groups is 1. The fourth-order valence-corrected chi connectivity index (χ4v) is 2.68. The summed E-state index contributed by atoms with van der Waals surface area (Å²) in [5.41, 5.74) is 1.19.